The molecule has 1 aliphatic carbocycles. The lowest BCUT2D eigenvalue weighted by Gasteiger charge is -2.08. The van der Waals surface area contributed by atoms with Gasteiger partial charge in [-0.3, -0.25) is 0 Å². The van der Waals surface area contributed by atoms with E-state index in [1.807, 2.05) is 23.9 Å². The van der Waals surface area contributed by atoms with Crippen molar-refractivity contribution in [2.45, 2.75) is 31.4 Å². The maximum absolute atomic E-state index is 13.5. The van der Waals surface area contributed by atoms with E-state index in [9.17, 15) is 4.39 Å². The maximum Gasteiger partial charge on any atom is 0.128 e. The summed E-state index contributed by atoms with van der Waals surface area (Å²) in [6, 6.07) is 5.33. The molecule has 0 unspecified atom stereocenters. The average Bonchev–Trinajstić information content (AvgIpc) is 2.74. The average molecular weight is 303 g/mol. The van der Waals surface area contributed by atoms with Crippen LogP contribution < -0.4 is 0 Å². The van der Waals surface area contributed by atoms with E-state index in [0.717, 1.165) is 21.7 Å². The Kier molecular flexibility index (Phi) is 4.71. The Morgan fingerprint density at radius 3 is 2.75 bits per heavy atom. The number of hydrogen-bond acceptors (Lipinski definition) is 1. The molecule has 2 rings (SSSR count). The number of halogens is 2. The summed E-state index contributed by atoms with van der Waals surface area (Å²) in [5.41, 5.74) is 0.825. The molecule has 0 saturated heterocycles. The zero-order chi connectivity index (χ0) is 11.4. The molecule has 1 saturated carbocycles. The van der Waals surface area contributed by atoms with Gasteiger partial charge in [0.1, 0.15) is 5.82 Å². The van der Waals surface area contributed by atoms with Crippen LogP contribution in [0.3, 0.4) is 0 Å². The Labute approximate surface area is 109 Å². The van der Waals surface area contributed by atoms with E-state index in [1.165, 1.54) is 31.4 Å². The second-order valence-electron chi connectivity index (χ2n) is 4.40. The van der Waals surface area contributed by atoms with Crippen LogP contribution in [-0.4, -0.2) is 5.75 Å². The first kappa shape index (κ1) is 12.4. The van der Waals surface area contributed by atoms with Gasteiger partial charge in [-0.2, -0.15) is 11.8 Å². The number of rotatable bonds is 4. The van der Waals surface area contributed by atoms with Gasteiger partial charge in [-0.1, -0.05) is 34.8 Å². The summed E-state index contributed by atoms with van der Waals surface area (Å²) >= 11 is 5.14. The Morgan fingerprint density at radius 2 is 2.06 bits per heavy atom. The lowest BCUT2D eigenvalue weighted by Crippen LogP contribution is -1.97. The summed E-state index contributed by atoms with van der Waals surface area (Å²) < 4.78 is 14.3. The van der Waals surface area contributed by atoms with Gasteiger partial charge < -0.3 is 0 Å². The highest BCUT2D eigenvalue weighted by molar-refractivity contribution is 9.10. The highest BCUT2D eigenvalue weighted by Crippen LogP contribution is 2.29. The van der Waals surface area contributed by atoms with Gasteiger partial charge in [0.15, 0.2) is 0 Å². The molecule has 16 heavy (non-hydrogen) atoms. The van der Waals surface area contributed by atoms with Gasteiger partial charge in [0.2, 0.25) is 0 Å². The molecule has 0 amide bonds. The second-order valence-corrected chi connectivity index (χ2v) is 6.35. The largest absolute Gasteiger partial charge is 0.207 e. The topological polar surface area (TPSA) is 0 Å². The molecule has 88 valence electrons. The van der Waals surface area contributed by atoms with E-state index in [0.29, 0.717) is 0 Å². The van der Waals surface area contributed by atoms with Crippen molar-refractivity contribution in [1.82, 2.24) is 0 Å². The highest BCUT2D eigenvalue weighted by Gasteiger charge is 2.14. The van der Waals surface area contributed by atoms with E-state index in [2.05, 4.69) is 15.9 Å². The first-order chi connectivity index (χ1) is 7.75. The highest BCUT2D eigenvalue weighted by atomic mass is 79.9. The van der Waals surface area contributed by atoms with Crippen molar-refractivity contribution in [2.75, 3.05) is 5.75 Å². The third-order valence-electron chi connectivity index (χ3n) is 3.10. The van der Waals surface area contributed by atoms with Crippen LogP contribution >= 0.6 is 27.7 Å². The van der Waals surface area contributed by atoms with Gasteiger partial charge in [-0.05, 0) is 42.2 Å². The standard InChI is InChI=1S/C13H16BrFS/c14-12-6-5-11(13(15)7-12)9-16-8-10-3-1-2-4-10/h5-7,10H,1-4,8-9H2. The van der Waals surface area contributed by atoms with Crippen LogP contribution in [0.25, 0.3) is 0 Å². The minimum absolute atomic E-state index is 0.0895. The first-order valence-corrected chi connectivity index (χ1v) is 7.72. The van der Waals surface area contributed by atoms with Crippen molar-refractivity contribution in [3.8, 4) is 0 Å². The van der Waals surface area contributed by atoms with Gasteiger partial charge in [0.05, 0.1) is 0 Å². The van der Waals surface area contributed by atoms with Crippen LogP contribution in [0, 0.1) is 11.7 Å². The lowest BCUT2D eigenvalue weighted by atomic mass is 10.1. The van der Waals surface area contributed by atoms with Gasteiger partial charge >= 0.3 is 0 Å². The normalized spacial score (nSPS) is 16.9. The summed E-state index contributed by atoms with van der Waals surface area (Å²) in [4.78, 5) is 0. The van der Waals surface area contributed by atoms with Crippen LogP contribution in [0.2, 0.25) is 0 Å². The monoisotopic (exact) mass is 302 g/mol. The predicted octanol–water partition coefficient (Wildman–Crippen LogP) is 5.01. The maximum atomic E-state index is 13.5. The van der Waals surface area contributed by atoms with Crippen molar-refractivity contribution < 1.29 is 4.39 Å². The molecular formula is C13H16BrFS. The number of hydrogen-bond donors (Lipinski definition) is 0. The molecule has 3 heteroatoms. The number of thioether (sulfide) groups is 1. The summed E-state index contributed by atoms with van der Waals surface area (Å²) in [5.74, 6) is 2.78. The minimum atomic E-state index is -0.0895. The Morgan fingerprint density at radius 1 is 1.31 bits per heavy atom. The molecule has 1 aromatic carbocycles. The fourth-order valence-corrected chi connectivity index (χ4v) is 3.72. The smallest absolute Gasteiger partial charge is 0.128 e. The summed E-state index contributed by atoms with van der Waals surface area (Å²) in [7, 11) is 0. The zero-order valence-electron chi connectivity index (χ0n) is 9.22. The van der Waals surface area contributed by atoms with E-state index in [1.54, 1.807) is 6.07 Å². The molecule has 1 aromatic rings. The molecule has 0 nitrogen and oxygen atoms in total. The van der Waals surface area contributed by atoms with Crippen LogP contribution in [0.15, 0.2) is 22.7 Å². The predicted molar refractivity (Wildman–Crippen MR) is 72.2 cm³/mol. The Bertz CT molecular complexity index is 348. The molecule has 0 heterocycles. The van der Waals surface area contributed by atoms with Crippen molar-refractivity contribution in [3.63, 3.8) is 0 Å². The molecule has 0 atom stereocenters. The summed E-state index contributed by atoms with van der Waals surface area (Å²) in [6.07, 6.45) is 5.52. The molecule has 0 N–H and O–H groups in total. The van der Waals surface area contributed by atoms with Crippen molar-refractivity contribution in [2.24, 2.45) is 5.92 Å². The van der Waals surface area contributed by atoms with E-state index in [-0.39, 0.29) is 5.82 Å². The van der Waals surface area contributed by atoms with Crippen molar-refractivity contribution in [1.29, 1.82) is 0 Å². The Balaban J connectivity index is 1.80. The van der Waals surface area contributed by atoms with Crippen LogP contribution in [0.5, 0.6) is 0 Å². The van der Waals surface area contributed by atoms with Gasteiger partial charge in [-0.15, -0.1) is 0 Å². The Hall–Kier alpha value is -0.0200. The second kappa shape index (κ2) is 6.06. The molecule has 0 spiro atoms. The quantitative estimate of drug-likeness (QED) is 0.753. The fraction of sp³-hybridized carbons (Fsp3) is 0.538. The van der Waals surface area contributed by atoms with E-state index >= 15 is 0 Å². The molecule has 0 aromatic heterocycles. The lowest BCUT2D eigenvalue weighted by molar-refractivity contribution is 0.614. The summed E-state index contributed by atoms with van der Waals surface area (Å²) in [5, 5.41) is 0. The van der Waals surface area contributed by atoms with E-state index < -0.39 is 0 Å². The molecule has 0 bridgehead atoms. The van der Waals surface area contributed by atoms with Crippen LogP contribution in [-0.2, 0) is 5.75 Å². The van der Waals surface area contributed by atoms with Crippen LogP contribution in [0.1, 0.15) is 31.2 Å². The molecule has 0 aliphatic heterocycles. The molecule has 1 fully saturated rings. The zero-order valence-corrected chi connectivity index (χ0v) is 11.6. The van der Waals surface area contributed by atoms with Crippen molar-refractivity contribution in [3.05, 3.63) is 34.1 Å². The van der Waals surface area contributed by atoms with Gasteiger partial charge in [0, 0.05) is 10.2 Å². The van der Waals surface area contributed by atoms with Gasteiger partial charge in [0.25, 0.3) is 0 Å². The third-order valence-corrected chi connectivity index (χ3v) is 4.82. The minimum Gasteiger partial charge on any atom is -0.207 e. The van der Waals surface area contributed by atoms with Crippen molar-refractivity contribution >= 4 is 27.7 Å². The SMILES string of the molecule is Fc1cc(Br)ccc1CSCC1CCCC1. The molecule has 0 radical (unpaired) electrons. The van der Waals surface area contributed by atoms with E-state index in [4.69, 9.17) is 0 Å². The first-order valence-electron chi connectivity index (χ1n) is 5.77. The molecule has 1 aliphatic rings. The molecular weight excluding hydrogens is 287 g/mol. The third kappa shape index (κ3) is 3.49. The summed E-state index contributed by atoms with van der Waals surface area (Å²) in [6.45, 7) is 0. The number of benzene rings is 1. The van der Waals surface area contributed by atoms with Crippen LogP contribution in [0.4, 0.5) is 4.39 Å². The fourth-order valence-electron chi connectivity index (χ4n) is 2.15. The van der Waals surface area contributed by atoms with Gasteiger partial charge in [-0.25, -0.2) is 4.39 Å².